The van der Waals surface area contributed by atoms with Gasteiger partial charge in [-0.3, -0.25) is 9.59 Å². The van der Waals surface area contributed by atoms with Crippen molar-refractivity contribution in [2.75, 3.05) is 14.1 Å². The molecule has 1 aromatic heterocycles. The smallest absolute Gasteiger partial charge is 0.289 e. The second-order valence-electron chi connectivity index (χ2n) is 6.45. The highest BCUT2D eigenvalue weighted by atomic mass is 79.9. The molecule has 0 fully saturated rings. The molecule has 0 unspecified atom stereocenters. The van der Waals surface area contributed by atoms with Crippen LogP contribution in [0.25, 0.3) is 0 Å². The van der Waals surface area contributed by atoms with Gasteiger partial charge in [0.05, 0.1) is 0 Å². The highest BCUT2D eigenvalue weighted by Gasteiger charge is 2.17. The molecule has 2 amide bonds. The number of carbonyl (C=O) groups excluding carboxylic acids is 2. The fraction of sp³-hybridized carbons (Fsp3) is 0.182. The molecule has 1 N–H and O–H groups in total. The molecule has 0 aliphatic rings. The Labute approximate surface area is 177 Å². The largest absolute Gasteiger partial charge is 0.486 e. The minimum absolute atomic E-state index is 0.144. The first-order chi connectivity index (χ1) is 14.0. The van der Waals surface area contributed by atoms with Crippen molar-refractivity contribution in [2.45, 2.75) is 13.2 Å². The second-order valence-corrected chi connectivity index (χ2v) is 7.36. The van der Waals surface area contributed by atoms with Gasteiger partial charge in [-0.15, -0.1) is 0 Å². The number of furan rings is 1. The Morgan fingerprint density at radius 3 is 2.55 bits per heavy atom. The predicted molar refractivity (Wildman–Crippen MR) is 113 cm³/mol. The van der Waals surface area contributed by atoms with Gasteiger partial charge >= 0.3 is 0 Å². The maximum atomic E-state index is 12.6. The van der Waals surface area contributed by atoms with Gasteiger partial charge in [0.2, 0.25) is 0 Å². The molecule has 0 aliphatic carbocycles. The molecule has 6 nitrogen and oxygen atoms in total. The van der Waals surface area contributed by atoms with Crippen molar-refractivity contribution < 1.29 is 18.7 Å². The van der Waals surface area contributed by atoms with Crippen LogP contribution in [0.3, 0.4) is 0 Å². The first-order valence-electron chi connectivity index (χ1n) is 9.00. The molecule has 0 bridgehead atoms. The van der Waals surface area contributed by atoms with Crippen molar-refractivity contribution in [1.29, 1.82) is 0 Å². The molecule has 0 aliphatic heterocycles. The van der Waals surface area contributed by atoms with Crippen molar-refractivity contribution in [3.05, 3.63) is 87.8 Å². The van der Waals surface area contributed by atoms with Gasteiger partial charge in [0.1, 0.15) is 18.1 Å². The Bertz CT molecular complexity index is 998. The molecule has 3 rings (SSSR count). The Hall–Kier alpha value is -3.06. The standard InChI is InChI=1S/C22H21BrN2O4/c1-24-21(26)16-8-6-15(7-9-16)13-25(2)22(27)20-11-10-19(29-20)14-28-18-5-3-4-17(23)12-18/h3-12H,13-14H2,1-2H3,(H,24,26). The van der Waals surface area contributed by atoms with Gasteiger partial charge < -0.3 is 19.4 Å². The van der Waals surface area contributed by atoms with E-state index in [1.54, 1.807) is 43.3 Å². The lowest BCUT2D eigenvalue weighted by Gasteiger charge is -2.16. The fourth-order valence-corrected chi connectivity index (χ4v) is 3.10. The number of benzene rings is 2. The van der Waals surface area contributed by atoms with Crippen LogP contribution < -0.4 is 10.1 Å². The second kappa shape index (κ2) is 9.43. The van der Waals surface area contributed by atoms with E-state index in [0.717, 1.165) is 10.0 Å². The molecule has 0 spiro atoms. The molecule has 2 aromatic carbocycles. The lowest BCUT2D eigenvalue weighted by Crippen LogP contribution is -2.26. The monoisotopic (exact) mass is 456 g/mol. The Morgan fingerprint density at radius 2 is 1.86 bits per heavy atom. The van der Waals surface area contributed by atoms with E-state index in [-0.39, 0.29) is 24.2 Å². The van der Waals surface area contributed by atoms with Crippen LogP contribution in [-0.2, 0) is 13.2 Å². The summed E-state index contributed by atoms with van der Waals surface area (Å²) in [5.41, 5.74) is 1.49. The van der Waals surface area contributed by atoms with Crippen LogP contribution in [0, 0.1) is 0 Å². The molecule has 0 radical (unpaired) electrons. The third-order valence-electron chi connectivity index (χ3n) is 4.26. The summed E-state index contributed by atoms with van der Waals surface area (Å²) >= 11 is 3.40. The van der Waals surface area contributed by atoms with Crippen molar-refractivity contribution >= 4 is 27.7 Å². The van der Waals surface area contributed by atoms with Gasteiger partial charge in [0.15, 0.2) is 5.76 Å². The quantitative estimate of drug-likeness (QED) is 0.576. The van der Waals surface area contributed by atoms with Crippen LogP contribution in [-0.4, -0.2) is 30.8 Å². The molecular formula is C22H21BrN2O4. The predicted octanol–water partition coefficient (Wildman–Crippen LogP) is 4.25. The number of carbonyl (C=O) groups is 2. The fourth-order valence-electron chi connectivity index (χ4n) is 2.72. The average molecular weight is 457 g/mol. The number of amides is 2. The van der Waals surface area contributed by atoms with Crippen molar-refractivity contribution in [2.24, 2.45) is 0 Å². The molecule has 0 atom stereocenters. The van der Waals surface area contributed by atoms with Crippen molar-refractivity contribution in [1.82, 2.24) is 10.2 Å². The van der Waals surface area contributed by atoms with Crippen molar-refractivity contribution in [3.8, 4) is 5.75 Å². The van der Waals surface area contributed by atoms with Crippen LogP contribution in [0.5, 0.6) is 5.75 Å². The highest BCUT2D eigenvalue weighted by molar-refractivity contribution is 9.10. The van der Waals surface area contributed by atoms with Crippen LogP contribution in [0.1, 0.15) is 32.2 Å². The van der Waals surface area contributed by atoms with E-state index in [0.29, 0.717) is 23.6 Å². The molecule has 0 saturated carbocycles. The van der Waals surface area contributed by atoms with Crippen LogP contribution >= 0.6 is 15.9 Å². The van der Waals surface area contributed by atoms with Crippen molar-refractivity contribution in [3.63, 3.8) is 0 Å². The zero-order valence-corrected chi connectivity index (χ0v) is 17.7. The molecule has 150 valence electrons. The number of rotatable bonds is 7. The molecule has 29 heavy (non-hydrogen) atoms. The maximum absolute atomic E-state index is 12.6. The zero-order valence-electron chi connectivity index (χ0n) is 16.1. The van der Waals surface area contributed by atoms with E-state index in [4.69, 9.17) is 9.15 Å². The topological polar surface area (TPSA) is 71.8 Å². The van der Waals surface area contributed by atoms with Gasteiger partial charge in [-0.1, -0.05) is 34.1 Å². The first-order valence-corrected chi connectivity index (χ1v) is 9.79. The van der Waals surface area contributed by atoms with Gasteiger partial charge in [0, 0.05) is 30.7 Å². The lowest BCUT2D eigenvalue weighted by atomic mass is 10.1. The first kappa shape index (κ1) is 20.7. The summed E-state index contributed by atoms with van der Waals surface area (Å²) in [5, 5.41) is 2.58. The molecular weight excluding hydrogens is 436 g/mol. The Morgan fingerprint density at radius 1 is 1.10 bits per heavy atom. The summed E-state index contributed by atoms with van der Waals surface area (Å²) in [5.74, 6) is 1.16. The summed E-state index contributed by atoms with van der Waals surface area (Å²) < 4.78 is 12.2. The maximum Gasteiger partial charge on any atom is 0.289 e. The molecule has 3 aromatic rings. The third-order valence-corrected chi connectivity index (χ3v) is 4.75. The lowest BCUT2D eigenvalue weighted by molar-refractivity contribution is 0.0749. The van der Waals surface area contributed by atoms with Gasteiger partial charge in [-0.05, 0) is 48.0 Å². The summed E-state index contributed by atoms with van der Waals surface area (Å²) in [6.07, 6.45) is 0. The van der Waals surface area contributed by atoms with Crippen LogP contribution in [0.15, 0.2) is 69.6 Å². The highest BCUT2D eigenvalue weighted by Crippen LogP contribution is 2.20. The Kier molecular flexibility index (Phi) is 6.72. The minimum atomic E-state index is -0.228. The number of hydrogen-bond donors (Lipinski definition) is 1. The van der Waals surface area contributed by atoms with E-state index in [9.17, 15) is 9.59 Å². The Balaban J connectivity index is 1.58. The van der Waals surface area contributed by atoms with Crippen LogP contribution in [0.2, 0.25) is 0 Å². The molecule has 1 heterocycles. The summed E-state index contributed by atoms with van der Waals surface area (Å²) in [7, 11) is 3.29. The third kappa shape index (κ3) is 5.48. The molecule has 7 heteroatoms. The number of ether oxygens (including phenoxy) is 1. The average Bonchev–Trinajstić information content (AvgIpc) is 3.20. The number of halogens is 1. The normalized spacial score (nSPS) is 10.4. The van der Waals surface area contributed by atoms with Gasteiger partial charge in [0.25, 0.3) is 11.8 Å². The summed E-state index contributed by atoms with van der Waals surface area (Å²) in [6, 6.07) is 18.0. The van der Waals surface area contributed by atoms with Crippen LogP contribution in [0.4, 0.5) is 0 Å². The SMILES string of the molecule is CNC(=O)c1ccc(CN(C)C(=O)c2ccc(COc3cccc(Br)c3)o2)cc1. The van der Waals surface area contributed by atoms with E-state index >= 15 is 0 Å². The number of nitrogens with zero attached hydrogens (tertiary/aromatic N) is 1. The summed E-state index contributed by atoms with van der Waals surface area (Å²) in [6.45, 7) is 0.631. The van der Waals surface area contributed by atoms with E-state index in [1.807, 2.05) is 36.4 Å². The number of nitrogens with one attached hydrogen (secondary N) is 1. The van der Waals surface area contributed by atoms with E-state index in [2.05, 4.69) is 21.2 Å². The van der Waals surface area contributed by atoms with E-state index in [1.165, 1.54) is 0 Å². The van der Waals surface area contributed by atoms with Gasteiger partial charge in [-0.2, -0.15) is 0 Å². The van der Waals surface area contributed by atoms with E-state index < -0.39 is 0 Å². The van der Waals surface area contributed by atoms with Gasteiger partial charge in [-0.25, -0.2) is 0 Å². The zero-order chi connectivity index (χ0) is 20.8. The number of hydrogen-bond acceptors (Lipinski definition) is 4. The minimum Gasteiger partial charge on any atom is -0.486 e. The summed E-state index contributed by atoms with van der Waals surface area (Å²) in [4.78, 5) is 25.8. The molecule has 0 saturated heterocycles.